The fourth-order valence-corrected chi connectivity index (χ4v) is 4.59. The van der Waals surface area contributed by atoms with Crippen molar-refractivity contribution in [3.8, 4) is 0 Å². The summed E-state index contributed by atoms with van der Waals surface area (Å²) in [5.41, 5.74) is 1.73. The van der Waals surface area contributed by atoms with E-state index in [2.05, 4.69) is 90.1 Å². The van der Waals surface area contributed by atoms with E-state index in [1.807, 2.05) is 0 Å². The van der Waals surface area contributed by atoms with Crippen molar-refractivity contribution in [2.75, 3.05) is 19.0 Å². The molecule has 3 nitrogen and oxygen atoms in total. The van der Waals surface area contributed by atoms with Crippen molar-refractivity contribution in [2.24, 2.45) is 0 Å². The molecule has 2 aromatic rings. The molecule has 1 heterocycles. The lowest BCUT2D eigenvalue weighted by Crippen LogP contribution is -2.41. The molecule has 25 heavy (non-hydrogen) atoms. The summed E-state index contributed by atoms with van der Waals surface area (Å²) in [5, 5.41) is 4.03. The van der Waals surface area contributed by atoms with E-state index in [4.69, 9.17) is 9.31 Å². The van der Waals surface area contributed by atoms with Crippen molar-refractivity contribution in [3.63, 3.8) is 0 Å². The van der Waals surface area contributed by atoms with Crippen LogP contribution in [-0.2, 0) is 9.31 Å². The van der Waals surface area contributed by atoms with Crippen LogP contribution >= 0.6 is 0 Å². The first-order valence-electron chi connectivity index (χ1n) is 8.94. The van der Waals surface area contributed by atoms with Gasteiger partial charge in [-0.2, -0.15) is 0 Å². The maximum Gasteiger partial charge on any atom is 0.495 e. The SMILES string of the molecule is CN(C)c1ccc([Si](C)C)c2c(B3OC(C)(C)C(C)(C)O3)cccc12. The van der Waals surface area contributed by atoms with Crippen LogP contribution in [0, 0.1) is 0 Å². The minimum absolute atomic E-state index is 0.328. The highest BCUT2D eigenvalue weighted by molar-refractivity contribution is 6.76. The molecule has 0 amide bonds. The summed E-state index contributed by atoms with van der Waals surface area (Å²) in [5.74, 6) is 0. The van der Waals surface area contributed by atoms with Crippen LogP contribution in [0.2, 0.25) is 13.1 Å². The molecule has 0 N–H and O–H groups in total. The van der Waals surface area contributed by atoms with Gasteiger partial charge in [0.2, 0.25) is 0 Å². The molecule has 133 valence electrons. The quantitative estimate of drug-likeness (QED) is 0.791. The number of rotatable bonds is 3. The molecular weight excluding hydrogens is 325 g/mol. The highest BCUT2D eigenvalue weighted by Crippen LogP contribution is 2.37. The Labute approximate surface area is 154 Å². The van der Waals surface area contributed by atoms with Gasteiger partial charge in [-0.25, -0.2) is 0 Å². The third kappa shape index (κ3) is 3.03. The van der Waals surface area contributed by atoms with Crippen LogP contribution in [0.15, 0.2) is 30.3 Å². The lowest BCUT2D eigenvalue weighted by molar-refractivity contribution is 0.00578. The van der Waals surface area contributed by atoms with E-state index in [1.54, 1.807) is 0 Å². The number of benzene rings is 2. The van der Waals surface area contributed by atoms with E-state index in [0.717, 1.165) is 5.46 Å². The molecule has 1 aliphatic heterocycles. The summed E-state index contributed by atoms with van der Waals surface area (Å²) in [7, 11) is 3.25. The minimum Gasteiger partial charge on any atom is -0.399 e. The molecule has 5 heteroatoms. The van der Waals surface area contributed by atoms with Crippen LogP contribution in [-0.4, -0.2) is 41.2 Å². The number of hydrogen-bond donors (Lipinski definition) is 0. The van der Waals surface area contributed by atoms with Crippen LogP contribution < -0.4 is 15.5 Å². The lowest BCUT2D eigenvalue weighted by Gasteiger charge is -2.32. The number of anilines is 1. The Morgan fingerprint density at radius 1 is 0.920 bits per heavy atom. The number of nitrogens with zero attached hydrogens (tertiary/aromatic N) is 1. The van der Waals surface area contributed by atoms with Gasteiger partial charge < -0.3 is 14.2 Å². The molecule has 1 radical (unpaired) electrons. The Hall–Kier alpha value is -1.30. The molecule has 0 spiro atoms. The summed E-state index contributed by atoms with van der Waals surface area (Å²) < 4.78 is 12.7. The fraction of sp³-hybridized carbons (Fsp3) is 0.500. The molecule has 1 aliphatic rings. The third-order valence-electron chi connectivity index (χ3n) is 5.58. The normalized spacial score (nSPS) is 19.0. The topological polar surface area (TPSA) is 21.7 Å². The smallest absolute Gasteiger partial charge is 0.399 e. The van der Waals surface area contributed by atoms with Gasteiger partial charge in [-0.15, -0.1) is 0 Å². The van der Waals surface area contributed by atoms with Crippen LogP contribution in [0.4, 0.5) is 5.69 Å². The van der Waals surface area contributed by atoms with Crippen LogP contribution in [0.5, 0.6) is 0 Å². The fourth-order valence-electron chi connectivity index (χ4n) is 3.39. The van der Waals surface area contributed by atoms with Gasteiger partial charge in [0.25, 0.3) is 0 Å². The second kappa shape index (κ2) is 6.15. The van der Waals surface area contributed by atoms with E-state index in [1.165, 1.54) is 21.6 Å². The van der Waals surface area contributed by atoms with E-state index >= 15 is 0 Å². The Morgan fingerprint density at radius 3 is 2.04 bits per heavy atom. The van der Waals surface area contributed by atoms with Gasteiger partial charge in [0.15, 0.2) is 0 Å². The first-order valence-corrected chi connectivity index (χ1v) is 11.4. The first kappa shape index (κ1) is 18.5. The maximum atomic E-state index is 6.37. The van der Waals surface area contributed by atoms with Crippen molar-refractivity contribution < 1.29 is 9.31 Å². The zero-order valence-electron chi connectivity index (χ0n) is 16.7. The summed E-state index contributed by atoms with van der Waals surface area (Å²) in [4.78, 5) is 2.18. The van der Waals surface area contributed by atoms with Crippen molar-refractivity contribution in [3.05, 3.63) is 30.3 Å². The molecule has 0 unspecified atom stereocenters. The summed E-state index contributed by atoms with van der Waals surface area (Å²) in [6.45, 7) is 13.1. The standard InChI is InChI=1S/C20H29BNO2Si/c1-19(2)20(3,4)24-21(23-19)15-11-9-10-14-16(22(5)6)12-13-17(18(14)15)25(7)8/h9-13H,1-8H3. The first-order chi connectivity index (χ1) is 11.5. The number of fused-ring (bicyclic) bond motifs is 1. The van der Waals surface area contributed by atoms with Gasteiger partial charge in [-0.05, 0) is 44.6 Å². The van der Waals surface area contributed by atoms with Gasteiger partial charge in [-0.1, -0.05) is 42.5 Å². The van der Waals surface area contributed by atoms with Crippen molar-refractivity contribution in [1.29, 1.82) is 0 Å². The summed E-state index contributed by atoms with van der Waals surface area (Å²) >= 11 is 0. The van der Waals surface area contributed by atoms with Gasteiger partial charge in [-0.3, -0.25) is 0 Å². The molecule has 0 aromatic heterocycles. The predicted molar refractivity (Wildman–Crippen MR) is 111 cm³/mol. The Morgan fingerprint density at radius 2 is 1.52 bits per heavy atom. The summed E-state index contributed by atoms with van der Waals surface area (Å²) in [6, 6.07) is 11.0. The maximum absolute atomic E-state index is 6.37. The average molecular weight is 354 g/mol. The predicted octanol–water partition coefficient (Wildman–Crippen LogP) is 3.17. The van der Waals surface area contributed by atoms with Gasteiger partial charge in [0, 0.05) is 25.2 Å². The second-order valence-corrected chi connectivity index (χ2v) is 10.9. The van der Waals surface area contributed by atoms with Crippen LogP contribution in [0.1, 0.15) is 27.7 Å². The Balaban J connectivity index is 2.25. The third-order valence-corrected chi connectivity index (χ3v) is 7.07. The van der Waals surface area contributed by atoms with E-state index in [0.29, 0.717) is 0 Å². The second-order valence-electron chi connectivity index (χ2n) is 8.38. The molecule has 0 saturated carbocycles. The average Bonchev–Trinajstić information content (AvgIpc) is 2.73. The van der Waals surface area contributed by atoms with Crippen LogP contribution in [0.25, 0.3) is 10.8 Å². The Kier molecular flexibility index (Phi) is 4.55. The minimum atomic E-state index is -0.616. The molecule has 0 aliphatic carbocycles. The zero-order valence-corrected chi connectivity index (χ0v) is 17.7. The molecule has 1 fully saturated rings. The molecule has 0 bridgehead atoms. The van der Waals surface area contributed by atoms with Gasteiger partial charge >= 0.3 is 7.12 Å². The molecule has 0 atom stereocenters. The van der Waals surface area contributed by atoms with Gasteiger partial charge in [0.1, 0.15) is 0 Å². The van der Waals surface area contributed by atoms with Crippen molar-refractivity contribution in [2.45, 2.75) is 52.0 Å². The highest BCUT2D eigenvalue weighted by atomic mass is 28.3. The van der Waals surface area contributed by atoms with Crippen LogP contribution in [0.3, 0.4) is 0 Å². The molecule has 3 rings (SSSR count). The largest absolute Gasteiger partial charge is 0.495 e. The molecular formula is C20H29BNO2Si. The zero-order chi connectivity index (χ0) is 18.6. The van der Waals surface area contributed by atoms with Crippen molar-refractivity contribution in [1.82, 2.24) is 0 Å². The van der Waals surface area contributed by atoms with E-state index in [9.17, 15) is 0 Å². The monoisotopic (exact) mass is 354 g/mol. The Bertz CT molecular complexity index is 786. The van der Waals surface area contributed by atoms with E-state index in [-0.39, 0.29) is 18.3 Å². The van der Waals surface area contributed by atoms with E-state index < -0.39 is 8.80 Å². The molecule has 1 saturated heterocycles. The lowest BCUT2D eigenvalue weighted by atomic mass is 9.76. The van der Waals surface area contributed by atoms with Crippen molar-refractivity contribution >= 4 is 43.0 Å². The molecule has 2 aromatic carbocycles. The highest BCUT2D eigenvalue weighted by Gasteiger charge is 2.52. The summed E-state index contributed by atoms with van der Waals surface area (Å²) in [6.07, 6.45) is 0. The number of hydrogen-bond acceptors (Lipinski definition) is 3. The van der Waals surface area contributed by atoms with Gasteiger partial charge in [0.05, 0.1) is 20.0 Å².